The summed E-state index contributed by atoms with van der Waals surface area (Å²) in [5.74, 6) is 0. The number of aliphatic hydroxyl groups is 1. The van der Waals surface area contributed by atoms with Crippen molar-refractivity contribution in [2.75, 3.05) is 0 Å². The molecule has 1 saturated heterocycles. The van der Waals surface area contributed by atoms with E-state index in [9.17, 15) is 5.11 Å². The maximum absolute atomic E-state index is 9.75. The van der Waals surface area contributed by atoms with Crippen LogP contribution in [0, 0.1) is 5.41 Å². The molecule has 2 rings (SSSR count). The fourth-order valence-electron chi connectivity index (χ4n) is 2.79. The largest absolute Gasteiger partial charge is 0.367 e. The van der Waals surface area contributed by atoms with E-state index in [1.165, 1.54) is 32.1 Å². The molecule has 0 bridgehead atoms. The highest BCUT2D eigenvalue weighted by atomic mass is 16.6. The van der Waals surface area contributed by atoms with Crippen molar-refractivity contribution in [2.45, 2.75) is 57.8 Å². The molecule has 0 aromatic heterocycles. The van der Waals surface area contributed by atoms with Crippen molar-refractivity contribution in [3.8, 4) is 0 Å². The van der Waals surface area contributed by atoms with Gasteiger partial charge in [0.1, 0.15) is 0 Å². The van der Waals surface area contributed by atoms with Gasteiger partial charge in [0.05, 0.1) is 6.10 Å². The summed E-state index contributed by atoms with van der Waals surface area (Å²) >= 11 is 0. The van der Waals surface area contributed by atoms with Gasteiger partial charge in [0, 0.05) is 5.41 Å². The fourth-order valence-corrected chi connectivity index (χ4v) is 2.79. The van der Waals surface area contributed by atoms with Gasteiger partial charge in [0.2, 0.25) is 0 Å². The first kappa shape index (κ1) is 8.52. The Bertz CT molecular complexity index is 161. The van der Waals surface area contributed by atoms with Gasteiger partial charge in [-0.1, -0.05) is 19.3 Å². The highest BCUT2D eigenvalue weighted by molar-refractivity contribution is 4.91. The number of ether oxygens (including phenoxy) is 1. The molecule has 1 spiro atoms. The van der Waals surface area contributed by atoms with E-state index in [-0.39, 0.29) is 11.5 Å². The molecule has 1 aliphatic heterocycles. The number of hydrogen-bond acceptors (Lipinski definition) is 2. The van der Waals surface area contributed by atoms with Crippen LogP contribution in [0.25, 0.3) is 0 Å². The highest BCUT2D eigenvalue weighted by Crippen LogP contribution is 2.48. The van der Waals surface area contributed by atoms with Crippen LogP contribution in [0.1, 0.15) is 45.4 Å². The Kier molecular flexibility index (Phi) is 2.13. The summed E-state index contributed by atoms with van der Waals surface area (Å²) in [5, 5.41) is 9.75. The van der Waals surface area contributed by atoms with E-state index in [2.05, 4.69) is 6.92 Å². The normalized spacial score (nSPS) is 40.5. The monoisotopic (exact) mass is 170 g/mol. The molecule has 2 unspecified atom stereocenters. The minimum absolute atomic E-state index is 0.137. The quantitative estimate of drug-likeness (QED) is 0.603. The summed E-state index contributed by atoms with van der Waals surface area (Å²) < 4.78 is 5.41. The predicted molar refractivity (Wildman–Crippen MR) is 46.7 cm³/mol. The van der Waals surface area contributed by atoms with Gasteiger partial charge < -0.3 is 9.84 Å². The summed E-state index contributed by atoms with van der Waals surface area (Å²) in [6.45, 7) is 2.06. The van der Waals surface area contributed by atoms with Gasteiger partial charge in [0.25, 0.3) is 0 Å². The van der Waals surface area contributed by atoms with E-state index < -0.39 is 6.29 Å². The van der Waals surface area contributed by atoms with Crippen molar-refractivity contribution >= 4 is 0 Å². The van der Waals surface area contributed by atoms with Crippen LogP contribution in [-0.2, 0) is 4.74 Å². The van der Waals surface area contributed by atoms with Gasteiger partial charge in [-0.25, -0.2) is 0 Å². The van der Waals surface area contributed by atoms with Gasteiger partial charge in [0.15, 0.2) is 6.29 Å². The number of hydrogen-bond donors (Lipinski definition) is 1. The summed E-state index contributed by atoms with van der Waals surface area (Å²) in [7, 11) is 0. The van der Waals surface area contributed by atoms with E-state index in [4.69, 9.17) is 4.74 Å². The summed E-state index contributed by atoms with van der Waals surface area (Å²) in [4.78, 5) is 0. The predicted octanol–water partition coefficient (Wildman–Crippen LogP) is 2.06. The molecule has 1 aliphatic carbocycles. The molecule has 2 heteroatoms. The van der Waals surface area contributed by atoms with E-state index in [0.29, 0.717) is 0 Å². The van der Waals surface area contributed by atoms with Gasteiger partial charge in [-0.05, 0) is 26.2 Å². The lowest BCUT2D eigenvalue weighted by Crippen LogP contribution is -2.32. The van der Waals surface area contributed by atoms with Crippen LogP contribution in [0.15, 0.2) is 0 Å². The van der Waals surface area contributed by atoms with E-state index >= 15 is 0 Å². The Hall–Kier alpha value is -0.0800. The third-order valence-electron chi connectivity index (χ3n) is 3.43. The third-order valence-corrected chi connectivity index (χ3v) is 3.43. The molecule has 1 N–H and O–H groups in total. The minimum Gasteiger partial charge on any atom is -0.367 e. The molecule has 2 fully saturated rings. The van der Waals surface area contributed by atoms with Crippen molar-refractivity contribution in [3.63, 3.8) is 0 Å². The van der Waals surface area contributed by atoms with Crippen molar-refractivity contribution in [3.05, 3.63) is 0 Å². The number of rotatable bonds is 0. The molecule has 2 atom stereocenters. The smallest absolute Gasteiger partial charge is 0.160 e. The molecule has 0 aromatic rings. The van der Waals surface area contributed by atoms with E-state index in [0.717, 1.165) is 6.42 Å². The van der Waals surface area contributed by atoms with E-state index in [1.54, 1.807) is 0 Å². The minimum atomic E-state index is -0.479. The molecule has 12 heavy (non-hydrogen) atoms. The van der Waals surface area contributed by atoms with Crippen LogP contribution in [0.3, 0.4) is 0 Å². The summed E-state index contributed by atoms with van der Waals surface area (Å²) in [6, 6.07) is 0. The van der Waals surface area contributed by atoms with Gasteiger partial charge in [-0.2, -0.15) is 0 Å². The average molecular weight is 170 g/mol. The number of aliphatic hydroxyl groups excluding tert-OH is 1. The van der Waals surface area contributed by atoms with Gasteiger partial charge in [-0.3, -0.25) is 0 Å². The lowest BCUT2D eigenvalue weighted by Gasteiger charge is -2.34. The van der Waals surface area contributed by atoms with Crippen LogP contribution >= 0.6 is 0 Å². The molecule has 2 nitrogen and oxygen atoms in total. The second-order valence-electron chi connectivity index (χ2n) is 4.43. The van der Waals surface area contributed by atoms with Crippen LogP contribution < -0.4 is 0 Å². The first-order chi connectivity index (χ1) is 5.73. The molecular weight excluding hydrogens is 152 g/mol. The van der Waals surface area contributed by atoms with Crippen LogP contribution in [0.5, 0.6) is 0 Å². The van der Waals surface area contributed by atoms with Crippen molar-refractivity contribution in [2.24, 2.45) is 5.41 Å². The first-order valence-corrected chi connectivity index (χ1v) is 5.06. The zero-order valence-electron chi connectivity index (χ0n) is 7.75. The molecular formula is C10H18O2. The summed E-state index contributed by atoms with van der Waals surface area (Å²) in [5.41, 5.74) is 0.137. The Morgan fingerprint density at radius 1 is 1.25 bits per heavy atom. The third kappa shape index (κ3) is 1.27. The van der Waals surface area contributed by atoms with Crippen LogP contribution in [0.2, 0.25) is 0 Å². The lowest BCUT2D eigenvalue weighted by atomic mass is 9.72. The van der Waals surface area contributed by atoms with E-state index in [1.807, 2.05) is 0 Å². The SMILES string of the molecule is CC1CC2(CCCCC2)C(O)O1. The van der Waals surface area contributed by atoms with Crippen molar-refractivity contribution in [1.82, 2.24) is 0 Å². The van der Waals surface area contributed by atoms with Crippen molar-refractivity contribution in [1.29, 1.82) is 0 Å². The average Bonchev–Trinajstić information content (AvgIpc) is 2.29. The Labute approximate surface area is 73.9 Å². The zero-order chi connectivity index (χ0) is 8.60. The Morgan fingerprint density at radius 3 is 2.42 bits per heavy atom. The maximum Gasteiger partial charge on any atom is 0.160 e. The van der Waals surface area contributed by atoms with Crippen LogP contribution in [-0.4, -0.2) is 17.5 Å². The second kappa shape index (κ2) is 3.00. The molecule has 1 saturated carbocycles. The van der Waals surface area contributed by atoms with Crippen LogP contribution in [0.4, 0.5) is 0 Å². The molecule has 0 radical (unpaired) electrons. The fraction of sp³-hybridized carbons (Fsp3) is 1.00. The maximum atomic E-state index is 9.75. The molecule has 1 heterocycles. The Morgan fingerprint density at radius 2 is 1.92 bits per heavy atom. The molecule has 2 aliphatic rings. The second-order valence-corrected chi connectivity index (χ2v) is 4.43. The highest BCUT2D eigenvalue weighted by Gasteiger charge is 2.46. The summed E-state index contributed by atoms with van der Waals surface area (Å²) in [6.07, 6.45) is 7.06. The molecule has 0 aromatic carbocycles. The van der Waals surface area contributed by atoms with Gasteiger partial charge in [-0.15, -0.1) is 0 Å². The standard InChI is InChI=1S/C10H18O2/c1-8-7-10(9(11)12-8)5-3-2-4-6-10/h8-9,11H,2-7H2,1H3. The molecule has 0 amide bonds. The Balaban J connectivity index is 2.08. The van der Waals surface area contributed by atoms with Gasteiger partial charge >= 0.3 is 0 Å². The first-order valence-electron chi connectivity index (χ1n) is 5.06. The molecule has 70 valence electrons. The lowest BCUT2D eigenvalue weighted by molar-refractivity contribution is -0.140. The zero-order valence-corrected chi connectivity index (χ0v) is 7.75. The topological polar surface area (TPSA) is 29.5 Å². The van der Waals surface area contributed by atoms with Crippen molar-refractivity contribution < 1.29 is 9.84 Å².